The zero-order valence-corrected chi connectivity index (χ0v) is 15.6. The first kappa shape index (κ1) is 18.3. The van der Waals surface area contributed by atoms with Crippen molar-refractivity contribution >= 4 is 23.0 Å². The van der Waals surface area contributed by atoms with Crippen LogP contribution in [-0.4, -0.2) is 27.5 Å². The van der Waals surface area contributed by atoms with Crippen molar-refractivity contribution in [3.63, 3.8) is 0 Å². The minimum absolute atomic E-state index is 0.0382. The fourth-order valence-corrected chi connectivity index (χ4v) is 2.52. The molecule has 2 rings (SSSR count). The van der Waals surface area contributed by atoms with E-state index >= 15 is 0 Å². The number of hydrogen-bond acceptors (Lipinski definition) is 3. The Hall–Kier alpha value is -2.08. The number of benzene rings is 1. The van der Waals surface area contributed by atoms with Crippen molar-refractivity contribution in [1.29, 1.82) is 0 Å². The van der Waals surface area contributed by atoms with E-state index in [1.807, 2.05) is 48.1 Å². The molecule has 0 amide bonds. The third kappa shape index (κ3) is 5.53. The third-order valence-electron chi connectivity index (χ3n) is 3.70. The standard InChI is InChI=1S/C18H26N4OS/c1-5-23-15-9-7-14(8-10-15)20-17(24)21-16(18(2,3)4)13-22-12-6-11-19-22/h6-12,16H,5,13H2,1-4H3,(H2,20,21,24). The maximum absolute atomic E-state index is 5.48. The summed E-state index contributed by atoms with van der Waals surface area (Å²) < 4.78 is 7.37. The van der Waals surface area contributed by atoms with Crippen LogP contribution in [0.5, 0.6) is 5.75 Å². The Bertz CT molecular complexity index is 632. The summed E-state index contributed by atoms with van der Waals surface area (Å²) in [5.74, 6) is 0.855. The van der Waals surface area contributed by atoms with Crippen LogP contribution in [0.15, 0.2) is 42.7 Å². The van der Waals surface area contributed by atoms with Crippen molar-refractivity contribution in [2.45, 2.75) is 40.3 Å². The molecule has 0 saturated carbocycles. The van der Waals surface area contributed by atoms with Crippen molar-refractivity contribution < 1.29 is 4.74 Å². The molecule has 130 valence electrons. The lowest BCUT2D eigenvalue weighted by molar-refractivity contribution is 0.262. The van der Waals surface area contributed by atoms with E-state index in [0.717, 1.165) is 18.0 Å². The molecule has 2 N–H and O–H groups in total. The highest BCUT2D eigenvalue weighted by atomic mass is 32.1. The predicted octanol–water partition coefficient (Wildman–Crippen LogP) is 3.68. The number of aromatic nitrogens is 2. The molecule has 0 saturated heterocycles. The van der Waals surface area contributed by atoms with E-state index < -0.39 is 0 Å². The van der Waals surface area contributed by atoms with Crippen LogP contribution in [0.2, 0.25) is 0 Å². The second kappa shape index (κ2) is 8.15. The van der Waals surface area contributed by atoms with Crippen molar-refractivity contribution in [1.82, 2.24) is 15.1 Å². The summed E-state index contributed by atoms with van der Waals surface area (Å²) in [5.41, 5.74) is 0.971. The molecule has 1 heterocycles. The van der Waals surface area contributed by atoms with Crippen LogP contribution in [0.3, 0.4) is 0 Å². The average Bonchev–Trinajstić information content (AvgIpc) is 3.01. The molecule has 0 aliphatic carbocycles. The summed E-state index contributed by atoms with van der Waals surface area (Å²) in [6.07, 6.45) is 3.75. The number of nitrogens with zero attached hydrogens (tertiary/aromatic N) is 2. The van der Waals surface area contributed by atoms with Gasteiger partial charge in [0.2, 0.25) is 0 Å². The summed E-state index contributed by atoms with van der Waals surface area (Å²) in [7, 11) is 0. The van der Waals surface area contributed by atoms with E-state index in [0.29, 0.717) is 11.7 Å². The Balaban J connectivity index is 1.96. The summed E-state index contributed by atoms with van der Waals surface area (Å²) in [6, 6.07) is 9.85. The first-order valence-corrected chi connectivity index (χ1v) is 8.57. The highest BCUT2D eigenvalue weighted by Crippen LogP contribution is 2.21. The van der Waals surface area contributed by atoms with Gasteiger partial charge in [-0.3, -0.25) is 4.68 Å². The van der Waals surface area contributed by atoms with E-state index in [1.54, 1.807) is 6.20 Å². The summed E-state index contributed by atoms with van der Waals surface area (Å²) >= 11 is 5.48. The largest absolute Gasteiger partial charge is 0.494 e. The lowest BCUT2D eigenvalue weighted by Crippen LogP contribution is -2.48. The molecule has 1 unspecified atom stereocenters. The predicted molar refractivity (Wildman–Crippen MR) is 102 cm³/mol. The van der Waals surface area contributed by atoms with Gasteiger partial charge in [-0.2, -0.15) is 5.10 Å². The minimum Gasteiger partial charge on any atom is -0.494 e. The third-order valence-corrected chi connectivity index (χ3v) is 3.92. The molecule has 1 atom stereocenters. The number of anilines is 1. The summed E-state index contributed by atoms with van der Waals surface area (Å²) in [5, 5.41) is 11.5. The highest BCUT2D eigenvalue weighted by Gasteiger charge is 2.25. The number of ether oxygens (including phenoxy) is 1. The van der Waals surface area contributed by atoms with Gasteiger partial charge in [0.15, 0.2) is 5.11 Å². The first-order valence-electron chi connectivity index (χ1n) is 8.16. The molecule has 0 aliphatic rings. The van der Waals surface area contributed by atoms with Gasteiger partial charge in [0.1, 0.15) is 5.75 Å². The molecule has 2 aromatic rings. The van der Waals surface area contributed by atoms with Crippen LogP contribution in [0.4, 0.5) is 5.69 Å². The van der Waals surface area contributed by atoms with Crippen LogP contribution < -0.4 is 15.4 Å². The number of nitrogens with one attached hydrogen (secondary N) is 2. The molecule has 1 aromatic carbocycles. The molecule has 5 nitrogen and oxygen atoms in total. The van der Waals surface area contributed by atoms with E-state index in [4.69, 9.17) is 17.0 Å². The van der Waals surface area contributed by atoms with Crippen molar-refractivity contribution in [3.8, 4) is 5.75 Å². The Labute approximate surface area is 149 Å². The van der Waals surface area contributed by atoms with E-state index in [9.17, 15) is 0 Å². The SMILES string of the molecule is CCOc1ccc(NC(=S)NC(Cn2cccn2)C(C)(C)C)cc1. The first-order chi connectivity index (χ1) is 11.4. The Morgan fingerprint density at radius 3 is 2.54 bits per heavy atom. The Morgan fingerprint density at radius 1 is 1.29 bits per heavy atom. The van der Waals surface area contributed by atoms with Gasteiger partial charge in [-0.05, 0) is 54.9 Å². The monoisotopic (exact) mass is 346 g/mol. The highest BCUT2D eigenvalue weighted by molar-refractivity contribution is 7.80. The fraction of sp³-hybridized carbons (Fsp3) is 0.444. The smallest absolute Gasteiger partial charge is 0.171 e. The normalized spacial score (nSPS) is 12.5. The van der Waals surface area contributed by atoms with E-state index in [-0.39, 0.29) is 11.5 Å². The maximum atomic E-state index is 5.48. The topological polar surface area (TPSA) is 51.1 Å². The second-order valence-electron chi connectivity index (χ2n) is 6.70. The fourth-order valence-electron chi connectivity index (χ4n) is 2.26. The lowest BCUT2D eigenvalue weighted by atomic mass is 9.87. The molecule has 0 spiro atoms. The molecule has 0 aliphatic heterocycles. The van der Waals surface area contributed by atoms with Crippen LogP contribution in [-0.2, 0) is 6.54 Å². The zero-order chi connectivity index (χ0) is 17.6. The molecule has 0 fully saturated rings. The zero-order valence-electron chi connectivity index (χ0n) is 14.7. The van der Waals surface area contributed by atoms with Gasteiger partial charge < -0.3 is 15.4 Å². The maximum Gasteiger partial charge on any atom is 0.171 e. The molecule has 1 aromatic heterocycles. The van der Waals surface area contributed by atoms with Crippen molar-refractivity contribution in [2.24, 2.45) is 5.41 Å². The number of hydrogen-bond donors (Lipinski definition) is 2. The van der Waals surface area contributed by atoms with Gasteiger partial charge in [-0.15, -0.1) is 0 Å². The van der Waals surface area contributed by atoms with Gasteiger partial charge in [-0.1, -0.05) is 20.8 Å². The van der Waals surface area contributed by atoms with Gasteiger partial charge in [0.25, 0.3) is 0 Å². The van der Waals surface area contributed by atoms with Crippen LogP contribution in [0.25, 0.3) is 0 Å². The minimum atomic E-state index is 0.0382. The van der Waals surface area contributed by atoms with Gasteiger partial charge in [0.05, 0.1) is 19.2 Å². The number of rotatable bonds is 6. The van der Waals surface area contributed by atoms with Crippen LogP contribution >= 0.6 is 12.2 Å². The molecule has 0 bridgehead atoms. The van der Waals surface area contributed by atoms with E-state index in [1.165, 1.54) is 0 Å². The second-order valence-corrected chi connectivity index (χ2v) is 7.11. The van der Waals surface area contributed by atoms with E-state index in [2.05, 4.69) is 36.5 Å². The van der Waals surface area contributed by atoms with Gasteiger partial charge >= 0.3 is 0 Å². The summed E-state index contributed by atoms with van der Waals surface area (Å²) in [6.45, 7) is 9.95. The molecule has 0 radical (unpaired) electrons. The number of thiocarbonyl (C=S) groups is 1. The molecular weight excluding hydrogens is 320 g/mol. The lowest BCUT2D eigenvalue weighted by Gasteiger charge is -2.32. The molecule has 6 heteroatoms. The van der Waals surface area contributed by atoms with Gasteiger partial charge in [-0.25, -0.2) is 0 Å². The Kier molecular flexibility index (Phi) is 6.20. The van der Waals surface area contributed by atoms with Crippen molar-refractivity contribution in [3.05, 3.63) is 42.7 Å². The van der Waals surface area contributed by atoms with Crippen molar-refractivity contribution in [2.75, 3.05) is 11.9 Å². The summed E-state index contributed by atoms with van der Waals surface area (Å²) in [4.78, 5) is 0. The quantitative estimate of drug-likeness (QED) is 0.782. The van der Waals surface area contributed by atoms with Crippen LogP contribution in [0, 0.1) is 5.41 Å². The molecule has 24 heavy (non-hydrogen) atoms. The molecular formula is C18H26N4OS. The average molecular weight is 347 g/mol. The van der Waals surface area contributed by atoms with Crippen LogP contribution in [0.1, 0.15) is 27.7 Å². The van der Waals surface area contributed by atoms with Gasteiger partial charge in [0, 0.05) is 18.1 Å². The Morgan fingerprint density at radius 2 is 2.00 bits per heavy atom.